The molecule has 2 aromatic carbocycles. The molecule has 106 valence electrons. The molecule has 0 saturated heterocycles. The number of anilines is 1. The van der Waals surface area contributed by atoms with E-state index in [4.69, 9.17) is 13.9 Å². The van der Waals surface area contributed by atoms with Crippen LogP contribution in [0.1, 0.15) is 12.0 Å². The first-order valence-electron chi connectivity index (χ1n) is 6.77. The molecule has 1 N–H and O–H groups in total. The van der Waals surface area contributed by atoms with E-state index in [-0.39, 0.29) is 6.10 Å². The number of ether oxygens (including phenoxy) is 2. The molecule has 1 aliphatic heterocycles. The van der Waals surface area contributed by atoms with Crippen LogP contribution in [-0.4, -0.2) is 18.6 Å². The number of methoxy groups -OCH3 is 1. The summed E-state index contributed by atoms with van der Waals surface area (Å²) in [6.07, 6.45) is -0.238. The van der Waals surface area contributed by atoms with Crippen LogP contribution < -0.4 is 14.8 Å². The number of aromatic nitrogens is 1. The zero-order valence-corrected chi connectivity index (χ0v) is 11.5. The van der Waals surface area contributed by atoms with Crippen molar-refractivity contribution in [1.82, 2.24) is 4.98 Å². The topological polar surface area (TPSA) is 56.5 Å². The molecule has 1 aliphatic rings. The smallest absolute Gasteiger partial charge is 0.238 e. The van der Waals surface area contributed by atoms with Gasteiger partial charge in [0, 0.05) is 6.07 Å². The summed E-state index contributed by atoms with van der Waals surface area (Å²) < 4.78 is 16.9. The lowest BCUT2D eigenvalue weighted by atomic mass is 10.2. The van der Waals surface area contributed by atoms with Gasteiger partial charge in [0.1, 0.15) is 17.0 Å². The number of fused-ring (bicyclic) bond motifs is 2. The normalized spacial score (nSPS) is 16.9. The van der Waals surface area contributed by atoms with Crippen molar-refractivity contribution in [3.05, 3.63) is 48.4 Å². The molecule has 0 radical (unpaired) electrons. The average molecular weight is 282 g/mol. The highest BCUT2D eigenvalue weighted by atomic mass is 16.5. The summed E-state index contributed by atoms with van der Waals surface area (Å²) in [4.78, 5) is 4.51. The van der Waals surface area contributed by atoms with Crippen LogP contribution in [0.5, 0.6) is 11.5 Å². The fourth-order valence-electron chi connectivity index (χ4n) is 2.44. The second-order valence-corrected chi connectivity index (χ2v) is 4.87. The lowest BCUT2D eigenvalue weighted by Gasteiger charge is -2.25. The third kappa shape index (κ3) is 2.07. The van der Waals surface area contributed by atoms with Crippen molar-refractivity contribution < 1.29 is 13.9 Å². The molecule has 4 rings (SSSR count). The molecule has 0 amide bonds. The molecular formula is C16H14N2O3. The molecule has 1 atom stereocenters. The maximum absolute atomic E-state index is 5.95. The van der Waals surface area contributed by atoms with Crippen LogP contribution in [0, 0.1) is 0 Å². The summed E-state index contributed by atoms with van der Waals surface area (Å²) in [5.74, 6) is 2.14. The molecule has 2 heterocycles. The number of rotatable bonds is 2. The predicted octanol–water partition coefficient (Wildman–Crippen LogP) is 3.38. The highest BCUT2D eigenvalue weighted by Crippen LogP contribution is 2.34. The first-order valence-corrected chi connectivity index (χ1v) is 6.77. The van der Waals surface area contributed by atoms with Crippen molar-refractivity contribution in [3.63, 3.8) is 0 Å². The third-order valence-electron chi connectivity index (χ3n) is 3.52. The molecule has 1 aromatic heterocycles. The number of benzene rings is 2. The monoisotopic (exact) mass is 282 g/mol. The fourth-order valence-corrected chi connectivity index (χ4v) is 2.44. The van der Waals surface area contributed by atoms with Gasteiger partial charge >= 0.3 is 0 Å². The molecular weight excluding hydrogens is 268 g/mol. The lowest BCUT2D eigenvalue weighted by Crippen LogP contribution is -2.23. The quantitative estimate of drug-likeness (QED) is 0.781. The highest BCUT2D eigenvalue weighted by molar-refractivity contribution is 5.74. The van der Waals surface area contributed by atoms with Gasteiger partial charge in [0.25, 0.3) is 0 Å². The standard InChI is InChI=1S/C16H14N2O3/c1-19-10-6-7-14-12(8-10)18-16(21-14)15-9-17-11-4-2-3-5-13(11)20-15/h2-8,15,17H,9H2,1H3. The van der Waals surface area contributed by atoms with E-state index in [9.17, 15) is 0 Å². The van der Waals surface area contributed by atoms with E-state index >= 15 is 0 Å². The predicted molar refractivity (Wildman–Crippen MR) is 78.9 cm³/mol. The Morgan fingerprint density at radius 1 is 1.24 bits per heavy atom. The number of nitrogens with one attached hydrogen (secondary N) is 1. The summed E-state index contributed by atoms with van der Waals surface area (Å²) in [5.41, 5.74) is 2.49. The first kappa shape index (κ1) is 12.1. The summed E-state index contributed by atoms with van der Waals surface area (Å²) in [6, 6.07) is 13.4. The number of hydrogen-bond acceptors (Lipinski definition) is 5. The molecule has 0 spiro atoms. The SMILES string of the molecule is COc1ccc2oc(C3CNc4ccccc4O3)nc2c1. The van der Waals surface area contributed by atoms with Crippen LogP contribution in [0.4, 0.5) is 5.69 Å². The molecule has 3 aromatic rings. The Bertz CT molecular complexity index is 797. The van der Waals surface area contributed by atoms with Gasteiger partial charge in [0.15, 0.2) is 11.7 Å². The van der Waals surface area contributed by atoms with E-state index in [0.717, 1.165) is 28.3 Å². The van der Waals surface area contributed by atoms with Crippen LogP contribution in [0.15, 0.2) is 46.9 Å². The maximum atomic E-state index is 5.95. The van der Waals surface area contributed by atoms with Crippen molar-refractivity contribution in [2.24, 2.45) is 0 Å². The van der Waals surface area contributed by atoms with Crippen LogP contribution in [0.3, 0.4) is 0 Å². The van der Waals surface area contributed by atoms with Gasteiger partial charge in [0.2, 0.25) is 5.89 Å². The summed E-state index contributed by atoms with van der Waals surface area (Å²) in [6.45, 7) is 0.626. The van der Waals surface area contributed by atoms with Gasteiger partial charge in [-0.25, -0.2) is 4.98 Å². The molecule has 1 unspecified atom stereocenters. The molecule has 5 heteroatoms. The Hall–Kier alpha value is -2.69. The molecule has 0 bridgehead atoms. The second kappa shape index (κ2) is 4.70. The first-order chi connectivity index (χ1) is 10.3. The third-order valence-corrected chi connectivity index (χ3v) is 3.52. The van der Waals surface area contributed by atoms with E-state index in [0.29, 0.717) is 12.4 Å². The fraction of sp³-hybridized carbons (Fsp3) is 0.188. The summed E-state index contributed by atoms with van der Waals surface area (Å²) in [7, 11) is 1.63. The van der Waals surface area contributed by atoms with Gasteiger partial charge in [-0.2, -0.15) is 0 Å². The van der Waals surface area contributed by atoms with E-state index in [2.05, 4.69) is 10.3 Å². The maximum Gasteiger partial charge on any atom is 0.238 e. The van der Waals surface area contributed by atoms with Crippen molar-refractivity contribution in [3.8, 4) is 11.5 Å². The van der Waals surface area contributed by atoms with E-state index in [1.165, 1.54) is 0 Å². The zero-order valence-electron chi connectivity index (χ0n) is 11.5. The van der Waals surface area contributed by atoms with E-state index < -0.39 is 0 Å². The minimum atomic E-state index is -0.238. The van der Waals surface area contributed by atoms with Crippen molar-refractivity contribution >= 4 is 16.8 Å². The van der Waals surface area contributed by atoms with Crippen LogP contribution >= 0.6 is 0 Å². The molecule has 0 aliphatic carbocycles. The van der Waals surface area contributed by atoms with Gasteiger partial charge < -0.3 is 19.2 Å². The Morgan fingerprint density at radius 2 is 2.14 bits per heavy atom. The van der Waals surface area contributed by atoms with Gasteiger partial charge in [-0.05, 0) is 24.3 Å². The van der Waals surface area contributed by atoms with Crippen molar-refractivity contribution in [2.45, 2.75) is 6.10 Å². The van der Waals surface area contributed by atoms with Gasteiger partial charge in [-0.1, -0.05) is 12.1 Å². The lowest BCUT2D eigenvalue weighted by molar-refractivity contribution is 0.177. The Balaban J connectivity index is 1.68. The number of nitrogens with zero attached hydrogens (tertiary/aromatic N) is 1. The van der Waals surface area contributed by atoms with Gasteiger partial charge in [-0.3, -0.25) is 0 Å². The van der Waals surface area contributed by atoms with Crippen LogP contribution in [0.2, 0.25) is 0 Å². The largest absolute Gasteiger partial charge is 0.497 e. The summed E-state index contributed by atoms with van der Waals surface area (Å²) >= 11 is 0. The Kier molecular flexibility index (Phi) is 2.70. The second-order valence-electron chi connectivity index (χ2n) is 4.87. The van der Waals surface area contributed by atoms with E-state index in [1.54, 1.807) is 7.11 Å². The van der Waals surface area contributed by atoms with Gasteiger partial charge in [-0.15, -0.1) is 0 Å². The Morgan fingerprint density at radius 3 is 3.05 bits per heavy atom. The van der Waals surface area contributed by atoms with E-state index in [1.807, 2.05) is 42.5 Å². The van der Waals surface area contributed by atoms with Gasteiger partial charge in [0.05, 0.1) is 19.3 Å². The zero-order chi connectivity index (χ0) is 14.2. The van der Waals surface area contributed by atoms with Crippen LogP contribution in [0.25, 0.3) is 11.1 Å². The molecule has 0 saturated carbocycles. The molecule has 21 heavy (non-hydrogen) atoms. The summed E-state index contributed by atoms with van der Waals surface area (Å²) in [5, 5.41) is 3.33. The van der Waals surface area contributed by atoms with Crippen LogP contribution in [-0.2, 0) is 0 Å². The molecule has 0 fully saturated rings. The number of oxazole rings is 1. The highest BCUT2D eigenvalue weighted by Gasteiger charge is 2.25. The van der Waals surface area contributed by atoms with Crippen molar-refractivity contribution in [1.29, 1.82) is 0 Å². The van der Waals surface area contributed by atoms with Crippen molar-refractivity contribution in [2.75, 3.05) is 19.0 Å². The number of para-hydroxylation sites is 2. The minimum Gasteiger partial charge on any atom is -0.497 e. The average Bonchev–Trinajstić information content (AvgIpc) is 2.97. The Labute approximate surface area is 121 Å². The minimum absolute atomic E-state index is 0.238. The number of hydrogen-bond donors (Lipinski definition) is 1. The molecule has 5 nitrogen and oxygen atoms in total.